The summed E-state index contributed by atoms with van der Waals surface area (Å²) < 4.78 is 3.49. The Hall–Kier alpha value is -3.06. The molecule has 0 aliphatic heterocycles. The molecule has 0 fully saturated rings. The van der Waals surface area contributed by atoms with E-state index in [1.807, 2.05) is 26.2 Å². The van der Waals surface area contributed by atoms with Crippen LogP contribution in [0.25, 0.3) is 0 Å². The van der Waals surface area contributed by atoms with Gasteiger partial charge in [0.2, 0.25) is 11.8 Å². The second-order valence-electron chi connectivity index (χ2n) is 7.93. The number of halogens is 2. The Morgan fingerprint density at radius 2 is 1.22 bits per heavy atom. The monoisotopic (exact) mass is 576 g/mol. The molecule has 0 aliphatic carbocycles. The first-order valence-electron chi connectivity index (χ1n) is 10.9. The van der Waals surface area contributed by atoms with Crippen LogP contribution < -0.4 is 10.6 Å². The molecule has 0 saturated carbocycles. The molecular formula is C23H22Cl2N8O2S2. The first kappa shape index (κ1) is 27.0. The number of hydrogen-bond donors (Lipinski definition) is 2. The highest BCUT2D eigenvalue weighted by molar-refractivity contribution is 8.00. The van der Waals surface area contributed by atoms with E-state index in [4.69, 9.17) is 23.2 Å². The summed E-state index contributed by atoms with van der Waals surface area (Å²) in [6.45, 7) is 0. The molecule has 192 valence electrons. The highest BCUT2D eigenvalue weighted by Gasteiger charge is 2.12. The van der Waals surface area contributed by atoms with Crippen LogP contribution in [-0.4, -0.2) is 52.8 Å². The molecule has 2 aromatic heterocycles. The Kier molecular flexibility index (Phi) is 9.09. The number of hydrogen-bond acceptors (Lipinski definition) is 8. The molecule has 0 unspecified atom stereocenters. The molecule has 2 heterocycles. The predicted molar refractivity (Wildman–Crippen MR) is 146 cm³/mol. The molecule has 0 spiro atoms. The van der Waals surface area contributed by atoms with E-state index in [0.717, 1.165) is 11.1 Å². The quantitative estimate of drug-likeness (QED) is 0.268. The molecule has 0 saturated heterocycles. The van der Waals surface area contributed by atoms with Gasteiger partial charge in [0.25, 0.3) is 0 Å². The topological polar surface area (TPSA) is 120 Å². The predicted octanol–water partition coefficient (Wildman–Crippen LogP) is 4.30. The van der Waals surface area contributed by atoms with Crippen LogP contribution in [0.4, 0.5) is 11.4 Å². The first-order chi connectivity index (χ1) is 17.8. The summed E-state index contributed by atoms with van der Waals surface area (Å²) in [5, 5.41) is 23.3. The summed E-state index contributed by atoms with van der Waals surface area (Å²) in [4.78, 5) is 24.6. The fourth-order valence-electron chi connectivity index (χ4n) is 3.21. The van der Waals surface area contributed by atoms with Crippen molar-refractivity contribution in [3.8, 4) is 0 Å². The first-order valence-corrected chi connectivity index (χ1v) is 13.6. The van der Waals surface area contributed by atoms with Crippen LogP contribution >= 0.6 is 46.7 Å². The van der Waals surface area contributed by atoms with Crippen LogP contribution in [-0.2, 0) is 30.1 Å². The lowest BCUT2D eigenvalue weighted by molar-refractivity contribution is -0.114. The second kappa shape index (κ2) is 12.5. The van der Waals surface area contributed by atoms with Crippen LogP contribution in [0.15, 0.2) is 59.4 Å². The number of anilines is 2. The van der Waals surface area contributed by atoms with E-state index in [2.05, 4.69) is 31.0 Å². The zero-order valence-electron chi connectivity index (χ0n) is 19.8. The summed E-state index contributed by atoms with van der Waals surface area (Å²) in [6.07, 6.45) is 3.73. The van der Waals surface area contributed by atoms with Crippen LogP contribution in [0.5, 0.6) is 0 Å². The number of aryl methyl sites for hydroxylation is 2. The molecule has 0 radical (unpaired) electrons. The lowest BCUT2D eigenvalue weighted by Crippen LogP contribution is -2.15. The van der Waals surface area contributed by atoms with Crippen LogP contribution in [0.1, 0.15) is 11.1 Å². The molecule has 0 aliphatic rings. The van der Waals surface area contributed by atoms with E-state index in [1.54, 1.807) is 46.1 Å². The van der Waals surface area contributed by atoms with Gasteiger partial charge >= 0.3 is 0 Å². The van der Waals surface area contributed by atoms with E-state index in [0.29, 0.717) is 38.2 Å². The van der Waals surface area contributed by atoms with Crippen molar-refractivity contribution in [3.05, 3.63) is 70.2 Å². The molecule has 14 heteroatoms. The van der Waals surface area contributed by atoms with E-state index < -0.39 is 0 Å². The summed E-state index contributed by atoms with van der Waals surface area (Å²) in [5.41, 5.74) is 2.96. The van der Waals surface area contributed by atoms with Crippen molar-refractivity contribution in [1.29, 1.82) is 0 Å². The van der Waals surface area contributed by atoms with Gasteiger partial charge < -0.3 is 19.8 Å². The Morgan fingerprint density at radius 1 is 0.784 bits per heavy atom. The van der Waals surface area contributed by atoms with Crippen molar-refractivity contribution in [2.45, 2.75) is 16.7 Å². The molecule has 0 atom stereocenters. The molecule has 0 bridgehead atoms. The Labute approximate surface area is 231 Å². The number of rotatable bonds is 10. The van der Waals surface area contributed by atoms with E-state index in [1.165, 1.54) is 23.5 Å². The van der Waals surface area contributed by atoms with Gasteiger partial charge in [-0.15, -0.1) is 20.4 Å². The third kappa shape index (κ3) is 7.48. The summed E-state index contributed by atoms with van der Waals surface area (Å²) >= 11 is 15.4. The number of thioether (sulfide) groups is 2. The maximum Gasteiger partial charge on any atom is 0.234 e. The molecule has 2 aromatic carbocycles. The van der Waals surface area contributed by atoms with Gasteiger partial charge in [0, 0.05) is 14.1 Å². The number of carbonyl (C=O) groups is 2. The largest absolute Gasteiger partial charge is 0.324 e. The summed E-state index contributed by atoms with van der Waals surface area (Å²) in [7, 11) is 3.63. The fourth-order valence-corrected chi connectivity index (χ4v) is 5.09. The molecule has 2 N–H and O–H groups in total. The maximum atomic E-state index is 12.3. The van der Waals surface area contributed by atoms with Crippen LogP contribution in [0, 0.1) is 0 Å². The maximum absolute atomic E-state index is 12.3. The molecule has 4 rings (SSSR count). The Bertz CT molecular complexity index is 1320. The minimum Gasteiger partial charge on any atom is -0.324 e. The molecule has 37 heavy (non-hydrogen) atoms. The smallest absolute Gasteiger partial charge is 0.234 e. The van der Waals surface area contributed by atoms with Gasteiger partial charge in [-0.05, 0) is 41.8 Å². The third-order valence-electron chi connectivity index (χ3n) is 5.03. The standard InChI is InChI=1S/C23H22Cl2N8O2S2/c1-32-12-26-30-22(32)36-10-20(34)28-18-5-3-14(8-16(18)24)7-15-4-6-19(17(25)9-15)29-21(35)11-37-23-31-27-13-33(23)2/h3-6,8-9,12-13H,7,10-11H2,1-2H3,(H,28,34)(H,29,35). The average Bonchev–Trinajstić information content (AvgIpc) is 3.47. The molecule has 10 nitrogen and oxygen atoms in total. The minimum absolute atomic E-state index is 0.185. The lowest BCUT2D eigenvalue weighted by atomic mass is 10.0. The zero-order chi connectivity index (χ0) is 26.4. The van der Waals surface area contributed by atoms with Crippen molar-refractivity contribution < 1.29 is 9.59 Å². The summed E-state index contributed by atoms with van der Waals surface area (Å²) in [6, 6.07) is 10.9. The van der Waals surface area contributed by atoms with Gasteiger partial charge in [0.1, 0.15) is 12.7 Å². The van der Waals surface area contributed by atoms with Gasteiger partial charge in [-0.3, -0.25) is 9.59 Å². The van der Waals surface area contributed by atoms with Crippen molar-refractivity contribution in [1.82, 2.24) is 29.5 Å². The van der Waals surface area contributed by atoms with Crippen LogP contribution in [0.2, 0.25) is 10.0 Å². The molecule has 4 aromatic rings. The summed E-state index contributed by atoms with van der Waals surface area (Å²) in [5.74, 6) is -0.0142. The van der Waals surface area contributed by atoms with Crippen LogP contribution in [0.3, 0.4) is 0 Å². The SMILES string of the molecule is Cn1cnnc1SCC(=O)Nc1ccc(Cc2ccc(NC(=O)CSc3nncn3C)c(Cl)c2)cc1Cl. The van der Waals surface area contributed by atoms with Crippen molar-refractivity contribution in [2.24, 2.45) is 14.1 Å². The highest BCUT2D eigenvalue weighted by atomic mass is 35.5. The van der Waals surface area contributed by atoms with Gasteiger partial charge in [-0.1, -0.05) is 58.9 Å². The fraction of sp³-hybridized carbons (Fsp3) is 0.217. The normalized spacial score (nSPS) is 10.9. The van der Waals surface area contributed by atoms with Crippen molar-refractivity contribution >= 4 is 69.9 Å². The number of carbonyl (C=O) groups excluding carboxylic acids is 2. The molecular weight excluding hydrogens is 555 g/mol. The van der Waals surface area contributed by atoms with Crippen molar-refractivity contribution in [3.63, 3.8) is 0 Å². The van der Waals surface area contributed by atoms with Gasteiger partial charge in [-0.25, -0.2) is 0 Å². The van der Waals surface area contributed by atoms with E-state index in [-0.39, 0.29) is 23.3 Å². The second-order valence-corrected chi connectivity index (χ2v) is 10.6. The number of nitrogens with zero attached hydrogens (tertiary/aromatic N) is 6. The Morgan fingerprint density at radius 3 is 1.57 bits per heavy atom. The number of nitrogens with one attached hydrogen (secondary N) is 2. The third-order valence-corrected chi connectivity index (χ3v) is 7.72. The Balaban J connectivity index is 1.30. The average molecular weight is 578 g/mol. The minimum atomic E-state index is -0.193. The van der Waals surface area contributed by atoms with Gasteiger partial charge in [0.15, 0.2) is 10.3 Å². The number of benzene rings is 2. The van der Waals surface area contributed by atoms with E-state index >= 15 is 0 Å². The number of aromatic nitrogens is 6. The van der Waals surface area contributed by atoms with Gasteiger partial charge in [-0.2, -0.15) is 0 Å². The van der Waals surface area contributed by atoms with Gasteiger partial charge in [0.05, 0.1) is 32.9 Å². The molecule has 2 amide bonds. The van der Waals surface area contributed by atoms with E-state index in [9.17, 15) is 9.59 Å². The zero-order valence-corrected chi connectivity index (χ0v) is 23.0. The van der Waals surface area contributed by atoms with Crippen molar-refractivity contribution in [2.75, 3.05) is 22.1 Å². The number of amides is 2. The lowest BCUT2D eigenvalue weighted by Gasteiger charge is -2.11. The highest BCUT2D eigenvalue weighted by Crippen LogP contribution is 2.28.